The maximum atomic E-state index is 12.5. The summed E-state index contributed by atoms with van der Waals surface area (Å²) in [6.45, 7) is 9.41. The zero-order valence-electron chi connectivity index (χ0n) is 36.8. The Labute approximate surface area is 339 Å². The molecule has 0 aromatic rings. The molecule has 2 unspecified atom stereocenters. The van der Waals surface area contributed by atoms with E-state index in [4.69, 9.17) is 18.9 Å². The van der Waals surface area contributed by atoms with Gasteiger partial charge in [-0.05, 0) is 97.6 Å². The molecule has 0 fully saturated rings. The van der Waals surface area contributed by atoms with Crippen molar-refractivity contribution < 1.29 is 33.3 Å². The fourth-order valence-corrected chi connectivity index (χ4v) is 6.62. The van der Waals surface area contributed by atoms with E-state index in [0.29, 0.717) is 19.4 Å². The highest BCUT2D eigenvalue weighted by Crippen LogP contribution is 2.19. The Hall–Kier alpha value is -2.35. The number of nitrogens with zero attached hydrogens (tertiary/aromatic N) is 1. The number of ether oxygens (including phenoxy) is 4. The van der Waals surface area contributed by atoms with Gasteiger partial charge in [-0.3, -0.25) is 9.59 Å². The molecule has 0 heterocycles. The molecule has 0 amide bonds. The summed E-state index contributed by atoms with van der Waals surface area (Å²) in [4.78, 5) is 38.3. The lowest BCUT2D eigenvalue weighted by Gasteiger charge is -2.18. The molecule has 0 aromatic heterocycles. The number of esters is 2. The van der Waals surface area contributed by atoms with Gasteiger partial charge in [0.2, 0.25) is 0 Å². The molecule has 0 saturated heterocycles. The van der Waals surface area contributed by atoms with Crippen LogP contribution in [0.15, 0.2) is 24.3 Å². The Morgan fingerprint density at radius 3 is 1.29 bits per heavy atom. The van der Waals surface area contributed by atoms with Crippen molar-refractivity contribution in [2.75, 3.05) is 27.2 Å². The maximum absolute atomic E-state index is 12.5. The highest BCUT2D eigenvalue weighted by Gasteiger charge is 2.16. The molecule has 2 atom stereocenters. The zero-order chi connectivity index (χ0) is 40.6. The second-order valence-electron chi connectivity index (χ2n) is 15.7. The topological polar surface area (TPSA) is 91.4 Å². The molecule has 55 heavy (non-hydrogen) atoms. The minimum Gasteiger partial charge on any atom is -0.462 e. The summed E-state index contributed by atoms with van der Waals surface area (Å²) in [6.07, 6.45) is 38.4. The minimum atomic E-state index is -0.525. The van der Waals surface area contributed by atoms with Crippen molar-refractivity contribution in [1.29, 1.82) is 0 Å². The van der Waals surface area contributed by atoms with Gasteiger partial charge in [-0.15, -0.1) is 0 Å². The molecule has 8 nitrogen and oxygen atoms in total. The van der Waals surface area contributed by atoms with E-state index in [1.807, 2.05) is 27.9 Å². The summed E-state index contributed by atoms with van der Waals surface area (Å²) in [5, 5.41) is 0. The Morgan fingerprint density at radius 1 is 0.473 bits per heavy atom. The summed E-state index contributed by atoms with van der Waals surface area (Å²) in [5.41, 5.74) is 0. The third-order valence-electron chi connectivity index (χ3n) is 10.1. The molecule has 0 aliphatic carbocycles. The fraction of sp³-hybridized carbons (Fsp3) is 0.851. The fourth-order valence-electron chi connectivity index (χ4n) is 6.62. The predicted octanol–water partition coefficient (Wildman–Crippen LogP) is 13.4. The third kappa shape index (κ3) is 37.0. The lowest BCUT2D eigenvalue weighted by molar-refractivity contribution is -0.149. The van der Waals surface area contributed by atoms with Gasteiger partial charge in [-0.25, -0.2) is 4.79 Å². The first-order chi connectivity index (χ1) is 26.7. The van der Waals surface area contributed by atoms with E-state index in [1.165, 1.54) is 64.2 Å². The Bertz CT molecular complexity index is 890. The number of rotatable bonds is 39. The molecule has 322 valence electrons. The van der Waals surface area contributed by atoms with Crippen molar-refractivity contribution in [2.45, 2.75) is 232 Å². The van der Waals surface area contributed by atoms with Crippen molar-refractivity contribution in [3.05, 3.63) is 24.3 Å². The zero-order valence-corrected chi connectivity index (χ0v) is 36.8. The van der Waals surface area contributed by atoms with Crippen molar-refractivity contribution in [2.24, 2.45) is 0 Å². The second kappa shape index (κ2) is 39.9. The molecule has 0 aromatic carbocycles. The van der Waals surface area contributed by atoms with Gasteiger partial charge in [0.25, 0.3) is 0 Å². The highest BCUT2D eigenvalue weighted by molar-refractivity contribution is 5.69. The smallest absolute Gasteiger partial charge is 0.462 e. The van der Waals surface area contributed by atoms with E-state index < -0.39 is 6.16 Å². The summed E-state index contributed by atoms with van der Waals surface area (Å²) in [6, 6.07) is 0. The summed E-state index contributed by atoms with van der Waals surface area (Å²) < 4.78 is 22.6. The van der Waals surface area contributed by atoms with Crippen LogP contribution in [0.5, 0.6) is 0 Å². The lowest BCUT2D eigenvalue weighted by atomic mass is 10.0. The largest absolute Gasteiger partial charge is 0.508 e. The monoisotopic (exact) mass is 778 g/mol. The molecular formula is C47H87NO7. The number of hydrogen-bond donors (Lipinski definition) is 0. The van der Waals surface area contributed by atoms with Crippen LogP contribution in [0.4, 0.5) is 4.79 Å². The van der Waals surface area contributed by atoms with E-state index in [2.05, 4.69) is 43.1 Å². The van der Waals surface area contributed by atoms with E-state index >= 15 is 0 Å². The van der Waals surface area contributed by atoms with Gasteiger partial charge in [-0.1, -0.05) is 129 Å². The van der Waals surface area contributed by atoms with Gasteiger partial charge in [0, 0.05) is 32.2 Å². The SMILES string of the molecule is CCCCCCC(C/C=C\CCCCCCCC(CCCCCCC/C=C\CC(CCCCCC)OC(=O)CC)OC(=O)OCCCN(C)C)OC(=O)CC. The normalized spacial score (nSPS) is 13.4. The van der Waals surface area contributed by atoms with Crippen LogP contribution in [0, 0.1) is 0 Å². The quantitative estimate of drug-likeness (QED) is 0.0264. The van der Waals surface area contributed by atoms with E-state index in [-0.39, 0.29) is 30.3 Å². The van der Waals surface area contributed by atoms with E-state index in [9.17, 15) is 14.4 Å². The number of hydrogen-bond acceptors (Lipinski definition) is 8. The van der Waals surface area contributed by atoms with Gasteiger partial charge in [0.1, 0.15) is 18.3 Å². The van der Waals surface area contributed by atoms with Gasteiger partial charge >= 0.3 is 18.1 Å². The first-order valence-electron chi connectivity index (χ1n) is 22.9. The van der Waals surface area contributed by atoms with Gasteiger partial charge in [0.15, 0.2) is 0 Å². The van der Waals surface area contributed by atoms with Gasteiger partial charge < -0.3 is 23.8 Å². The number of carbonyl (C=O) groups excluding carboxylic acids is 3. The number of carbonyl (C=O) groups is 3. The third-order valence-corrected chi connectivity index (χ3v) is 10.1. The van der Waals surface area contributed by atoms with Crippen LogP contribution >= 0.6 is 0 Å². The van der Waals surface area contributed by atoms with Crippen LogP contribution in [0.25, 0.3) is 0 Å². The molecule has 0 radical (unpaired) electrons. The lowest BCUT2D eigenvalue weighted by Crippen LogP contribution is -2.21. The second-order valence-corrected chi connectivity index (χ2v) is 15.7. The standard InChI is InChI=1S/C47H87NO7/c1-7-11-13-27-34-42(53-45(49)9-3)36-29-23-19-15-17-21-25-31-38-44(55-47(51)52-41-33-40-48(5)6)39-32-26-22-18-16-20-24-30-37-43(54-46(50)10-4)35-28-14-12-8-2/h23-24,29-30,42-44H,7-22,25-28,31-41H2,1-6H3/b29-23-,30-24-. The average molecular weight is 778 g/mol. The summed E-state index contributed by atoms with van der Waals surface area (Å²) in [5.74, 6) is -0.193. The van der Waals surface area contributed by atoms with E-state index in [1.54, 1.807) is 0 Å². The van der Waals surface area contributed by atoms with E-state index in [0.717, 1.165) is 116 Å². The summed E-state index contributed by atoms with van der Waals surface area (Å²) >= 11 is 0. The van der Waals surface area contributed by atoms with Crippen LogP contribution < -0.4 is 0 Å². The maximum Gasteiger partial charge on any atom is 0.508 e. The van der Waals surface area contributed by atoms with Crippen molar-refractivity contribution in [1.82, 2.24) is 4.90 Å². The molecule has 0 bridgehead atoms. The predicted molar refractivity (Wildman–Crippen MR) is 229 cm³/mol. The molecule has 0 rings (SSSR count). The molecule has 8 heteroatoms. The Balaban J connectivity index is 4.47. The highest BCUT2D eigenvalue weighted by atomic mass is 16.7. The van der Waals surface area contributed by atoms with Crippen LogP contribution in [0.2, 0.25) is 0 Å². The average Bonchev–Trinajstić information content (AvgIpc) is 3.17. The van der Waals surface area contributed by atoms with Gasteiger partial charge in [0.05, 0.1) is 6.61 Å². The number of unbranched alkanes of at least 4 members (excludes halogenated alkanes) is 16. The Morgan fingerprint density at radius 2 is 0.873 bits per heavy atom. The number of allylic oxidation sites excluding steroid dienone is 2. The minimum absolute atomic E-state index is 0.00763. The first-order valence-corrected chi connectivity index (χ1v) is 22.9. The molecular weight excluding hydrogens is 691 g/mol. The van der Waals surface area contributed by atoms with Crippen molar-refractivity contribution in [3.8, 4) is 0 Å². The molecule has 0 N–H and O–H groups in total. The van der Waals surface area contributed by atoms with Crippen molar-refractivity contribution in [3.63, 3.8) is 0 Å². The van der Waals surface area contributed by atoms with Crippen molar-refractivity contribution >= 4 is 18.1 Å². The summed E-state index contributed by atoms with van der Waals surface area (Å²) in [7, 11) is 4.03. The first kappa shape index (κ1) is 52.6. The Kier molecular flexibility index (Phi) is 38.2. The van der Waals surface area contributed by atoms with Crippen LogP contribution in [-0.4, -0.2) is 68.6 Å². The van der Waals surface area contributed by atoms with Gasteiger partial charge in [-0.2, -0.15) is 0 Å². The van der Waals surface area contributed by atoms with Crippen LogP contribution in [0.3, 0.4) is 0 Å². The van der Waals surface area contributed by atoms with Crippen LogP contribution in [-0.2, 0) is 28.5 Å². The molecule has 0 spiro atoms. The molecule has 0 aliphatic heterocycles. The molecule has 0 saturated carbocycles. The van der Waals surface area contributed by atoms with Crippen LogP contribution in [0.1, 0.15) is 214 Å². The molecule has 0 aliphatic rings.